The van der Waals surface area contributed by atoms with E-state index in [-0.39, 0.29) is 43.9 Å². The average molecular weight is 464 g/mol. The molecule has 1 aromatic heterocycles. The van der Waals surface area contributed by atoms with Gasteiger partial charge in [0.25, 0.3) is 0 Å². The smallest absolute Gasteiger partial charge is 0.351 e. The van der Waals surface area contributed by atoms with E-state index in [2.05, 4.69) is 15.5 Å². The molecule has 0 bridgehead atoms. The minimum Gasteiger partial charge on any atom is -0.351 e. The molecule has 0 radical (unpaired) electrons. The van der Waals surface area contributed by atoms with Crippen LogP contribution in [0.3, 0.4) is 0 Å². The van der Waals surface area contributed by atoms with E-state index in [1.165, 1.54) is 4.90 Å². The summed E-state index contributed by atoms with van der Waals surface area (Å²) in [6, 6.07) is -0.0496. The van der Waals surface area contributed by atoms with E-state index in [0.717, 1.165) is 4.57 Å². The minimum atomic E-state index is -4.69. The highest BCUT2D eigenvalue weighted by Gasteiger charge is 2.40. The van der Waals surface area contributed by atoms with Crippen molar-refractivity contribution >= 4 is 11.8 Å². The predicted octanol–water partition coefficient (Wildman–Crippen LogP) is 1.13. The summed E-state index contributed by atoms with van der Waals surface area (Å²) in [5.74, 6) is -6.22. The lowest BCUT2D eigenvalue weighted by atomic mass is 10.0. The van der Waals surface area contributed by atoms with Crippen molar-refractivity contribution in [1.29, 1.82) is 0 Å². The van der Waals surface area contributed by atoms with Crippen LogP contribution in [-0.4, -0.2) is 50.6 Å². The molecular weight excluding hydrogens is 446 g/mol. The van der Waals surface area contributed by atoms with Crippen molar-refractivity contribution in [3.8, 4) is 0 Å². The van der Waals surface area contributed by atoms with E-state index in [4.69, 9.17) is 5.73 Å². The summed E-state index contributed by atoms with van der Waals surface area (Å²) < 4.78 is 80.4. The Bertz CT molecular complexity index is 1020. The maximum absolute atomic E-state index is 14.0. The third-order valence-electron chi connectivity index (χ3n) is 4.89. The number of hydrogen-bond acceptors (Lipinski definition) is 5. The molecule has 0 saturated carbocycles. The zero-order valence-corrected chi connectivity index (χ0v) is 16.4. The number of benzene rings is 1. The maximum Gasteiger partial charge on any atom is 0.451 e. The van der Waals surface area contributed by atoms with Crippen LogP contribution in [0.1, 0.15) is 23.6 Å². The number of rotatable bonds is 6. The standard InChI is InChI=1S/C18H18F6N6O2/c19-11-6-13(21)12(20)4-9(11)3-10(26-15(31)7-25)5-16(32)29-1-2-30-14(8-29)27-28-17(30)18(22,23)24/h4,6,10H,1-3,5,7-8,25H2,(H,26,31). The van der Waals surface area contributed by atoms with Crippen molar-refractivity contribution < 1.29 is 35.9 Å². The Morgan fingerprint density at radius 2 is 1.78 bits per heavy atom. The third-order valence-corrected chi connectivity index (χ3v) is 4.89. The van der Waals surface area contributed by atoms with Gasteiger partial charge in [-0.1, -0.05) is 0 Å². The topological polar surface area (TPSA) is 106 Å². The van der Waals surface area contributed by atoms with E-state index in [9.17, 15) is 35.9 Å². The van der Waals surface area contributed by atoms with Crippen LogP contribution in [0.2, 0.25) is 0 Å². The number of carbonyl (C=O) groups is 2. The van der Waals surface area contributed by atoms with E-state index >= 15 is 0 Å². The van der Waals surface area contributed by atoms with Crippen LogP contribution < -0.4 is 11.1 Å². The zero-order chi connectivity index (χ0) is 23.6. The van der Waals surface area contributed by atoms with Crippen LogP contribution in [0.15, 0.2) is 12.1 Å². The van der Waals surface area contributed by atoms with Gasteiger partial charge in [0.1, 0.15) is 5.82 Å². The number of alkyl halides is 3. The highest BCUT2D eigenvalue weighted by molar-refractivity contribution is 5.80. The first-order valence-corrected chi connectivity index (χ1v) is 9.39. The molecule has 0 saturated heterocycles. The molecule has 1 atom stereocenters. The van der Waals surface area contributed by atoms with Gasteiger partial charge in [0.2, 0.25) is 17.6 Å². The second kappa shape index (κ2) is 9.14. The Labute approximate surface area is 177 Å². The number of amides is 2. The number of hydrogen-bond donors (Lipinski definition) is 2. The van der Waals surface area contributed by atoms with Gasteiger partial charge in [0.05, 0.1) is 13.1 Å². The van der Waals surface area contributed by atoms with Crippen molar-refractivity contribution in [3.05, 3.63) is 46.8 Å². The largest absolute Gasteiger partial charge is 0.451 e. The van der Waals surface area contributed by atoms with Gasteiger partial charge in [-0.3, -0.25) is 9.59 Å². The highest BCUT2D eigenvalue weighted by Crippen LogP contribution is 2.29. The zero-order valence-electron chi connectivity index (χ0n) is 16.4. The quantitative estimate of drug-likeness (QED) is 0.493. The molecule has 1 unspecified atom stereocenters. The average Bonchev–Trinajstić information content (AvgIpc) is 3.15. The van der Waals surface area contributed by atoms with Crippen LogP contribution in [-0.2, 0) is 35.3 Å². The van der Waals surface area contributed by atoms with Gasteiger partial charge < -0.3 is 20.5 Å². The lowest BCUT2D eigenvalue weighted by Gasteiger charge is -2.29. The van der Waals surface area contributed by atoms with E-state index in [1.807, 2.05) is 0 Å². The molecule has 32 heavy (non-hydrogen) atoms. The number of nitrogens with two attached hydrogens (primary N) is 1. The summed E-state index contributed by atoms with van der Waals surface area (Å²) >= 11 is 0. The van der Waals surface area contributed by atoms with Crippen LogP contribution in [0.4, 0.5) is 26.3 Å². The molecule has 2 heterocycles. The third kappa shape index (κ3) is 5.18. The Kier molecular flexibility index (Phi) is 6.71. The SMILES string of the molecule is NCC(=O)NC(CC(=O)N1CCn2c(nnc2C(F)(F)F)C1)Cc1cc(F)c(F)cc1F. The Morgan fingerprint density at radius 1 is 1.09 bits per heavy atom. The molecule has 0 fully saturated rings. The summed E-state index contributed by atoms with van der Waals surface area (Å²) in [6.07, 6.45) is -5.42. The molecule has 1 aromatic carbocycles. The Balaban J connectivity index is 1.74. The second-order valence-electron chi connectivity index (χ2n) is 7.14. The van der Waals surface area contributed by atoms with Crippen LogP contribution in [0.25, 0.3) is 0 Å². The Hall–Kier alpha value is -3.16. The molecule has 2 amide bonds. The molecule has 3 N–H and O–H groups in total. The van der Waals surface area contributed by atoms with Gasteiger partial charge in [-0.2, -0.15) is 13.2 Å². The monoisotopic (exact) mass is 464 g/mol. The molecule has 174 valence electrons. The van der Waals surface area contributed by atoms with Crippen molar-refractivity contribution in [2.45, 2.75) is 38.1 Å². The molecule has 0 spiro atoms. The minimum absolute atomic E-state index is 0.0638. The molecule has 3 rings (SSSR count). The molecule has 2 aromatic rings. The maximum atomic E-state index is 14.0. The normalized spacial score (nSPS) is 14.8. The lowest BCUT2D eigenvalue weighted by molar-refractivity contribution is -0.148. The van der Waals surface area contributed by atoms with Gasteiger partial charge in [-0.15, -0.1) is 10.2 Å². The van der Waals surface area contributed by atoms with Crippen molar-refractivity contribution in [1.82, 2.24) is 25.0 Å². The van der Waals surface area contributed by atoms with E-state index in [0.29, 0.717) is 12.1 Å². The van der Waals surface area contributed by atoms with Crippen molar-refractivity contribution in [2.24, 2.45) is 5.73 Å². The summed E-state index contributed by atoms with van der Waals surface area (Å²) in [6.45, 7) is -0.957. The highest BCUT2D eigenvalue weighted by atomic mass is 19.4. The van der Waals surface area contributed by atoms with E-state index < -0.39 is 53.9 Å². The fourth-order valence-corrected chi connectivity index (χ4v) is 3.37. The number of carbonyl (C=O) groups excluding carboxylic acids is 2. The molecule has 0 aliphatic carbocycles. The lowest BCUT2D eigenvalue weighted by Crippen LogP contribution is -2.45. The number of nitrogens with zero attached hydrogens (tertiary/aromatic N) is 4. The van der Waals surface area contributed by atoms with Crippen LogP contribution in [0.5, 0.6) is 0 Å². The van der Waals surface area contributed by atoms with Gasteiger partial charge >= 0.3 is 6.18 Å². The molecule has 8 nitrogen and oxygen atoms in total. The fourth-order valence-electron chi connectivity index (χ4n) is 3.37. The molecule has 14 heteroatoms. The first-order valence-electron chi connectivity index (χ1n) is 9.39. The summed E-state index contributed by atoms with van der Waals surface area (Å²) in [5, 5.41) is 9.02. The summed E-state index contributed by atoms with van der Waals surface area (Å²) in [5.41, 5.74) is 4.98. The second-order valence-corrected chi connectivity index (χ2v) is 7.14. The Morgan fingerprint density at radius 3 is 2.44 bits per heavy atom. The van der Waals surface area contributed by atoms with E-state index in [1.54, 1.807) is 0 Å². The first-order chi connectivity index (χ1) is 15.0. The van der Waals surface area contributed by atoms with Gasteiger partial charge in [0, 0.05) is 31.6 Å². The summed E-state index contributed by atoms with van der Waals surface area (Å²) in [7, 11) is 0. The number of nitrogens with one attached hydrogen (secondary N) is 1. The van der Waals surface area contributed by atoms with Gasteiger partial charge in [-0.05, 0) is 18.1 Å². The van der Waals surface area contributed by atoms with Gasteiger partial charge in [-0.25, -0.2) is 13.2 Å². The number of aromatic nitrogens is 3. The van der Waals surface area contributed by atoms with Crippen molar-refractivity contribution in [3.63, 3.8) is 0 Å². The number of fused-ring (bicyclic) bond motifs is 1. The van der Waals surface area contributed by atoms with Crippen LogP contribution in [0, 0.1) is 17.5 Å². The first kappa shape index (κ1) is 23.5. The van der Waals surface area contributed by atoms with Crippen molar-refractivity contribution in [2.75, 3.05) is 13.1 Å². The summed E-state index contributed by atoms with van der Waals surface area (Å²) in [4.78, 5) is 25.7. The fraction of sp³-hybridized carbons (Fsp3) is 0.444. The molecular formula is C18H18F6N6O2. The van der Waals surface area contributed by atoms with Gasteiger partial charge in [0.15, 0.2) is 17.5 Å². The van der Waals surface area contributed by atoms with Crippen LogP contribution >= 0.6 is 0 Å². The molecule has 1 aliphatic rings. The molecule has 1 aliphatic heterocycles. The number of halogens is 6. The predicted molar refractivity (Wildman–Crippen MR) is 96.1 cm³/mol.